The minimum atomic E-state index is -0.246. The number of nitrogen functional groups attached to an aromatic ring is 1. The summed E-state index contributed by atoms with van der Waals surface area (Å²) in [5, 5.41) is 13.9. The minimum absolute atomic E-state index is 0.00510. The maximum Gasteiger partial charge on any atom is 0.214 e. The molecule has 120 valence electrons. The highest BCUT2D eigenvalue weighted by molar-refractivity contribution is 5.99. The third-order valence-electron chi connectivity index (χ3n) is 4.17. The van der Waals surface area contributed by atoms with Crippen molar-refractivity contribution in [2.45, 2.75) is 25.7 Å². The summed E-state index contributed by atoms with van der Waals surface area (Å²) < 4.78 is 12.7. The molecule has 0 radical (unpaired) electrons. The third kappa shape index (κ3) is 2.16. The molecule has 3 N–H and O–H groups in total. The van der Waals surface area contributed by atoms with E-state index in [4.69, 9.17) is 15.0 Å². The van der Waals surface area contributed by atoms with Gasteiger partial charge in [0.2, 0.25) is 12.2 Å². The molecule has 0 aliphatic carbocycles. The van der Waals surface area contributed by atoms with Crippen molar-refractivity contribution in [2.75, 3.05) is 12.3 Å². The molecule has 1 saturated heterocycles. The highest BCUT2D eigenvalue weighted by atomic mass is 16.5. The van der Waals surface area contributed by atoms with Crippen LogP contribution in [0, 0.1) is 5.92 Å². The number of ether oxygens (including phenoxy) is 1. The molecule has 9 nitrogen and oxygen atoms in total. The molecule has 3 aromatic heterocycles. The Balaban J connectivity index is 1.90. The zero-order valence-corrected chi connectivity index (χ0v) is 12.5. The Labute approximate surface area is 131 Å². The normalized spacial score (nSPS) is 24.5. The van der Waals surface area contributed by atoms with Gasteiger partial charge in [-0.3, -0.25) is 0 Å². The van der Waals surface area contributed by atoms with Gasteiger partial charge in [0, 0.05) is 12.1 Å². The molecule has 23 heavy (non-hydrogen) atoms. The molecule has 1 fully saturated rings. The molecule has 0 amide bonds. The van der Waals surface area contributed by atoms with Gasteiger partial charge in [-0.15, -0.1) is 0 Å². The van der Waals surface area contributed by atoms with Crippen LogP contribution < -0.4 is 5.73 Å². The lowest BCUT2D eigenvalue weighted by Crippen LogP contribution is -2.15. The van der Waals surface area contributed by atoms with Crippen LogP contribution in [-0.2, 0) is 4.74 Å². The standard InChI is InChI=1S/C14H16N6O3/c1-7-2-8(4-21)23-14(7)20-3-9(12-18-6-22-19-12)10-11(15)16-5-17-13(10)20/h3,5-8,14,21H,2,4H2,1H3,(H2,15,16,17). The van der Waals surface area contributed by atoms with Crippen molar-refractivity contribution in [1.29, 1.82) is 0 Å². The number of aliphatic hydroxyl groups excluding tert-OH is 1. The topological polar surface area (TPSA) is 125 Å². The Bertz CT molecular complexity index is 831. The quantitative estimate of drug-likeness (QED) is 0.732. The molecule has 3 aromatic rings. The summed E-state index contributed by atoms with van der Waals surface area (Å²) in [7, 11) is 0. The van der Waals surface area contributed by atoms with Crippen LogP contribution in [0.4, 0.5) is 5.82 Å². The first-order valence-corrected chi connectivity index (χ1v) is 7.33. The summed E-state index contributed by atoms with van der Waals surface area (Å²) in [6, 6.07) is 0. The lowest BCUT2D eigenvalue weighted by Gasteiger charge is -2.18. The zero-order chi connectivity index (χ0) is 16.0. The predicted molar refractivity (Wildman–Crippen MR) is 80.0 cm³/mol. The van der Waals surface area contributed by atoms with Gasteiger partial charge in [0.05, 0.1) is 23.7 Å². The molecular formula is C14H16N6O3. The number of nitrogens with zero attached hydrogens (tertiary/aromatic N) is 5. The fourth-order valence-corrected chi connectivity index (χ4v) is 3.14. The summed E-state index contributed by atoms with van der Waals surface area (Å²) in [6.07, 6.45) is 4.87. The Morgan fingerprint density at radius 1 is 1.39 bits per heavy atom. The lowest BCUT2D eigenvalue weighted by molar-refractivity contribution is -0.0291. The van der Waals surface area contributed by atoms with Gasteiger partial charge >= 0.3 is 0 Å². The highest BCUT2D eigenvalue weighted by Gasteiger charge is 2.35. The zero-order valence-electron chi connectivity index (χ0n) is 12.5. The average Bonchev–Trinajstić information content (AvgIpc) is 3.25. The van der Waals surface area contributed by atoms with Gasteiger partial charge in [0.25, 0.3) is 0 Å². The van der Waals surface area contributed by atoms with Crippen LogP contribution in [0.15, 0.2) is 23.4 Å². The maximum atomic E-state index is 9.35. The van der Waals surface area contributed by atoms with E-state index in [1.54, 1.807) is 0 Å². The highest BCUT2D eigenvalue weighted by Crippen LogP contribution is 2.39. The largest absolute Gasteiger partial charge is 0.394 e. The van der Waals surface area contributed by atoms with E-state index < -0.39 is 0 Å². The molecule has 4 heterocycles. The number of hydrogen-bond acceptors (Lipinski definition) is 8. The number of anilines is 1. The van der Waals surface area contributed by atoms with Gasteiger partial charge in [0.15, 0.2) is 0 Å². The average molecular weight is 316 g/mol. The third-order valence-corrected chi connectivity index (χ3v) is 4.17. The van der Waals surface area contributed by atoms with Gasteiger partial charge < -0.3 is 24.7 Å². The lowest BCUT2D eigenvalue weighted by atomic mass is 10.1. The van der Waals surface area contributed by atoms with Crippen LogP contribution in [0.5, 0.6) is 0 Å². The molecule has 0 saturated carbocycles. The Kier molecular flexibility index (Phi) is 3.24. The fraction of sp³-hybridized carbons (Fsp3) is 0.429. The molecule has 0 bridgehead atoms. The van der Waals surface area contributed by atoms with Crippen molar-refractivity contribution >= 4 is 16.9 Å². The van der Waals surface area contributed by atoms with Crippen molar-refractivity contribution in [3.05, 3.63) is 18.9 Å². The molecule has 9 heteroatoms. The van der Waals surface area contributed by atoms with Crippen molar-refractivity contribution in [3.63, 3.8) is 0 Å². The molecule has 0 aromatic carbocycles. The molecule has 4 rings (SSSR count). The van der Waals surface area contributed by atoms with Crippen molar-refractivity contribution in [3.8, 4) is 11.4 Å². The first-order valence-electron chi connectivity index (χ1n) is 7.33. The smallest absolute Gasteiger partial charge is 0.214 e. The van der Waals surface area contributed by atoms with Crippen LogP contribution in [0.1, 0.15) is 19.6 Å². The second-order valence-corrected chi connectivity index (χ2v) is 5.71. The first kappa shape index (κ1) is 14.1. The molecule has 0 spiro atoms. The van der Waals surface area contributed by atoms with E-state index >= 15 is 0 Å². The summed E-state index contributed by atoms with van der Waals surface area (Å²) in [5.41, 5.74) is 7.37. The molecule has 1 aliphatic rings. The Hall–Kier alpha value is -2.52. The van der Waals surface area contributed by atoms with Gasteiger partial charge in [-0.1, -0.05) is 12.1 Å². The van der Waals surface area contributed by atoms with Gasteiger partial charge in [-0.25, -0.2) is 9.97 Å². The Morgan fingerprint density at radius 3 is 2.96 bits per heavy atom. The summed E-state index contributed by atoms with van der Waals surface area (Å²) in [6.45, 7) is 2.07. The van der Waals surface area contributed by atoms with E-state index in [0.717, 1.165) is 6.42 Å². The van der Waals surface area contributed by atoms with Crippen molar-refractivity contribution in [1.82, 2.24) is 24.7 Å². The van der Waals surface area contributed by atoms with E-state index in [1.165, 1.54) is 12.7 Å². The van der Waals surface area contributed by atoms with E-state index in [1.807, 2.05) is 10.8 Å². The summed E-state index contributed by atoms with van der Waals surface area (Å²) in [4.78, 5) is 12.5. The summed E-state index contributed by atoms with van der Waals surface area (Å²) >= 11 is 0. The minimum Gasteiger partial charge on any atom is -0.394 e. The number of aromatic nitrogens is 5. The van der Waals surface area contributed by atoms with E-state index in [9.17, 15) is 5.11 Å². The SMILES string of the molecule is CC1CC(CO)OC1n1cc(-c2ncon2)c2c(N)ncnc21. The number of nitrogens with two attached hydrogens (primary N) is 1. The monoisotopic (exact) mass is 316 g/mol. The van der Waals surface area contributed by atoms with E-state index in [0.29, 0.717) is 28.2 Å². The van der Waals surface area contributed by atoms with Gasteiger partial charge in [-0.05, 0) is 6.42 Å². The van der Waals surface area contributed by atoms with Crippen LogP contribution in [0.25, 0.3) is 22.4 Å². The number of fused-ring (bicyclic) bond motifs is 1. The van der Waals surface area contributed by atoms with Gasteiger partial charge in [-0.2, -0.15) is 4.98 Å². The Morgan fingerprint density at radius 2 is 2.26 bits per heavy atom. The second kappa shape index (κ2) is 5.28. The molecule has 1 aliphatic heterocycles. The predicted octanol–water partition coefficient (Wildman–Crippen LogP) is 0.979. The van der Waals surface area contributed by atoms with Crippen LogP contribution >= 0.6 is 0 Å². The van der Waals surface area contributed by atoms with Gasteiger partial charge in [0.1, 0.15) is 24.0 Å². The first-order chi connectivity index (χ1) is 11.2. The van der Waals surface area contributed by atoms with Crippen LogP contribution in [0.2, 0.25) is 0 Å². The van der Waals surface area contributed by atoms with Crippen molar-refractivity contribution in [2.24, 2.45) is 5.92 Å². The molecule has 3 atom stereocenters. The van der Waals surface area contributed by atoms with E-state index in [2.05, 4.69) is 27.0 Å². The number of rotatable bonds is 3. The molecular weight excluding hydrogens is 300 g/mol. The number of hydrogen-bond donors (Lipinski definition) is 2. The van der Waals surface area contributed by atoms with Crippen LogP contribution in [-0.4, -0.2) is 42.5 Å². The summed E-state index contributed by atoms with van der Waals surface area (Å²) in [5.74, 6) is 0.981. The number of aliphatic hydroxyl groups is 1. The molecule has 3 unspecified atom stereocenters. The van der Waals surface area contributed by atoms with Crippen LogP contribution in [0.3, 0.4) is 0 Å². The fourth-order valence-electron chi connectivity index (χ4n) is 3.14. The maximum absolute atomic E-state index is 9.35. The van der Waals surface area contributed by atoms with Crippen molar-refractivity contribution < 1.29 is 14.4 Å². The second-order valence-electron chi connectivity index (χ2n) is 5.71. The van der Waals surface area contributed by atoms with E-state index in [-0.39, 0.29) is 24.9 Å².